The third kappa shape index (κ3) is 9.95. The molecule has 1 aliphatic carbocycles. The van der Waals surface area contributed by atoms with Gasteiger partial charge in [-0.05, 0) is 191 Å². The van der Waals surface area contributed by atoms with Gasteiger partial charge in [0.2, 0.25) is 0 Å². The Morgan fingerprint density at radius 2 is 0.877 bits per heavy atom. The summed E-state index contributed by atoms with van der Waals surface area (Å²) in [4.78, 5) is 7.94. The maximum absolute atomic E-state index is 2.75. The molecule has 4 heteroatoms. The minimum atomic E-state index is -0.0863. The molecule has 0 saturated heterocycles. The van der Waals surface area contributed by atoms with Crippen LogP contribution in [0.25, 0.3) is 11.1 Å². The van der Waals surface area contributed by atoms with Crippen LogP contribution in [0.4, 0.5) is 51.2 Å². The van der Waals surface area contributed by atoms with Crippen LogP contribution in [-0.4, -0.2) is 6.71 Å². The molecule has 3 nitrogen and oxygen atoms in total. The Balaban J connectivity index is 1.35. The second-order valence-electron chi connectivity index (χ2n) is 30.8. The van der Waals surface area contributed by atoms with Crippen LogP contribution in [0.2, 0.25) is 0 Å². The van der Waals surface area contributed by atoms with Gasteiger partial charge in [0.15, 0.2) is 0 Å². The quantitative estimate of drug-likeness (QED) is 0.154. The van der Waals surface area contributed by atoms with Crippen LogP contribution >= 0.6 is 0 Å². The van der Waals surface area contributed by atoms with Crippen molar-refractivity contribution >= 4 is 74.3 Å². The lowest BCUT2D eigenvalue weighted by Crippen LogP contribution is -2.62. The molecule has 8 aromatic carbocycles. The Hall–Kier alpha value is -6.78. The van der Waals surface area contributed by atoms with Crippen LogP contribution in [-0.2, 0) is 37.9 Å². The van der Waals surface area contributed by atoms with Crippen molar-refractivity contribution in [2.24, 2.45) is 0 Å². The van der Waals surface area contributed by atoms with Gasteiger partial charge in [-0.15, -0.1) is 0 Å². The van der Waals surface area contributed by atoms with Gasteiger partial charge in [0.05, 0.1) is 11.4 Å². The van der Waals surface area contributed by atoms with E-state index in [2.05, 4.69) is 311 Å². The fourth-order valence-electron chi connectivity index (χ4n) is 13.3. The van der Waals surface area contributed by atoms with Crippen molar-refractivity contribution in [2.45, 2.75) is 189 Å². The van der Waals surface area contributed by atoms with Gasteiger partial charge in [0.25, 0.3) is 6.71 Å². The zero-order valence-electron chi connectivity index (χ0n) is 52.8. The van der Waals surface area contributed by atoms with E-state index in [0.717, 1.165) is 29.9 Å². The molecule has 0 radical (unpaired) electrons. The molecule has 2 heterocycles. The summed E-state index contributed by atoms with van der Waals surface area (Å²) >= 11 is 0. The standard InChI is InChI=1S/C77H90BN3/c1-49-41-55(75(14,15)16)43-60(50-25-22-21-23-26-50)70(49)81-66-48-62-61(76(17,18)39-40-77(62,19)20)47-64(66)78-63-38-33-54(74(11,12)13)44-65(63)80(58-28-24-27-53(42-58)73(8,9)10)67-45-59(46-68(81)69(67)78)79(56-34-29-51(30-35-56)71(2,3)4)57-36-31-52(32-37-57)72(5,6)7/h21-38,41-48H,39-40H2,1-20H3. The third-order valence-electron chi connectivity index (χ3n) is 18.6. The summed E-state index contributed by atoms with van der Waals surface area (Å²) in [6.45, 7) is 47.3. The lowest BCUT2D eigenvalue weighted by molar-refractivity contribution is 0.332. The van der Waals surface area contributed by atoms with Crippen LogP contribution in [0, 0.1) is 6.92 Å². The average Bonchev–Trinajstić information content (AvgIpc) is 1.67. The monoisotopic (exact) mass is 1070 g/mol. The molecule has 0 bridgehead atoms. The van der Waals surface area contributed by atoms with Crippen molar-refractivity contribution in [1.82, 2.24) is 0 Å². The van der Waals surface area contributed by atoms with E-state index in [-0.39, 0.29) is 44.6 Å². The number of rotatable bonds is 6. The lowest BCUT2D eigenvalue weighted by atomic mass is 9.33. The van der Waals surface area contributed by atoms with Gasteiger partial charge in [0.1, 0.15) is 0 Å². The smallest absolute Gasteiger partial charge is 0.252 e. The Morgan fingerprint density at radius 1 is 0.395 bits per heavy atom. The van der Waals surface area contributed by atoms with Crippen molar-refractivity contribution in [3.8, 4) is 11.1 Å². The number of benzene rings is 8. The van der Waals surface area contributed by atoms with Crippen molar-refractivity contribution in [3.05, 3.63) is 202 Å². The molecule has 0 amide bonds. The van der Waals surface area contributed by atoms with E-state index in [1.165, 1.54) is 106 Å². The maximum Gasteiger partial charge on any atom is 0.252 e. The molecular weight excluding hydrogens is 978 g/mol. The van der Waals surface area contributed by atoms with E-state index in [9.17, 15) is 0 Å². The Labute approximate surface area is 488 Å². The van der Waals surface area contributed by atoms with Gasteiger partial charge in [-0.1, -0.05) is 223 Å². The van der Waals surface area contributed by atoms with Gasteiger partial charge < -0.3 is 14.7 Å². The van der Waals surface area contributed by atoms with E-state index >= 15 is 0 Å². The fourth-order valence-corrected chi connectivity index (χ4v) is 13.3. The molecule has 416 valence electrons. The first-order chi connectivity index (χ1) is 37.7. The van der Waals surface area contributed by atoms with E-state index in [4.69, 9.17) is 0 Å². The van der Waals surface area contributed by atoms with Crippen molar-refractivity contribution in [3.63, 3.8) is 0 Å². The minimum absolute atomic E-state index is 0.00215. The van der Waals surface area contributed by atoms with Crippen molar-refractivity contribution < 1.29 is 0 Å². The molecule has 0 atom stereocenters. The van der Waals surface area contributed by atoms with Crippen LogP contribution in [0.15, 0.2) is 158 Å². The van der Waals surface area contributed by atoms with Gasteiger partial charge in [0, 0.05) is 45.4 Å². The van der Waals surface area contributed by atoms with Gasteiger partial charge in [-0.25, -0.2) is 0 Å². The zero-order valence-corrected chi connectivity index (χ0v) is 52.8. The van der Waals surface area contributed by atoms with Crippen LogP contribution in [0.3, 0.4) is 0 Å². The third-order valence-corrected chi connectivity index (χ3v) is 18.6. The molecule has 2 aliphatic heterocycles. The highest BCUT2D eigenvalue weighted by Gasteiger charge is 2.48. The lowest BCUT2D eigenvalue weighted by Gasteiger charge is -2.48. The van der Waals surface area contributed by atoms with E-state index in [1.54, 1.807) is 0 Å². The summed E-state index contributed by atoms with van der Waals surface area (Å²) in [5.74, 6) is 0. The molecule has 0 spiro atoms. The summed E-state index contributed by atoms with van der Waals surface area (Å²) in [5.41, 5.74) is 27.7. The summed E-state index contributed by atoms with van der Waals surface area (Å²) < 4.78 is 0. The summed E-state index contributed by atoms with van der Waals surface area (Å²) in [6.07, 6.45) is 2.27. The molecule has 0 N–H and O–H groups in total. The molecule has 11 rings (SSSR count). The van der Waals surface area contributed by atoms with E-state index in [1.807, 2.05) is 0 Å². The van der Waals surface area contributed by atoms with E-state index < -0.39 is 0 Å². The molecule has 8 aromatic rings. The van der Waals surface area contributed by atoms with Crippen LogP contribution < -0.4 is 31.1 Å². The molecule has 3 aliphatic rings. The van der Waals surface area contributed by atoms with Gasteiger partial charge in [-0.3, -0.25) is 0 Å². The average molecular weight is 1070 g/mol. The van der Waals surface area contributed by atoms with E-state index in [0.29, 0.717) is 0 Å². The maximum atomic E-state index is 2.75. The predicted octanol–water partition coefficient (Wildman–Crippen LogP) is 20.1. The minimum Gasteiger partial charge on any atom is -0.311 e. The van der Waals surface area contributed by atoms with Crippen molar-refractivity contribution in [2.75, 3.05) is 14.7 Å². The Morgan fingerprint density at radius 3 is 1.41 bits per heavy atom. The van der Waals surface area contributed by atoms with Crippen molar-refractivity contribution in [1.29, 1.82) is 0 Å². The highest BCUT2D eigenvalue weighted by Crippen LogP contribution is 2.54. The molecule has 0 fully saturated rings. The Kier molecular flexibility index (Phi) is 13.3. The number of fused-ring (bicyclic) bond motifs is 5. The largest absolute Gasteiger partial charge is 0.311 e. The molecule has 81 heavy (non-hydrogen) atoms. The van der Waals surface area contributed by atoms with Gasteiger partial charge in [-0.2, -0.15) is 0 Å². The van der Waals surface area contributed by atoms with Gasteiger partial charge >= 0.3 is 0 Å². The van der Waals surface area contributed by atoms with Crippen LogP contribution in [0.1, 0.15) is 189 Å². The first-order valence-corrected chi connectivity index (χ1v) is 30.2. The number of hydrogen-bond acceptors (Lipinski definition) is 3. The summed E-state index contributed by atoms with van der Waals surface area (Å²) in [6, 6.07) is 62.4. The normalized spacial score (nSPS) is 15.7. The first-order valence-electron chi connectivity index (χ1n) is 30.2. The first kappa shape index (κ1) is 56.1. The highest BCUT2D eigenvalue weighted by atomic mass is 15.2. The molecule has 0 aromatic heterocycles. The zero-order chi connectivity index (χ0) is 58.3. The molecule has 0 unspecified atom stereocenters. The molecular formula is C77H90BN3. The van der Waals surface area contributed by atoms with Crippen LogP contribution in [0.5, 0.6) is 0 Å². The second kappa shape index (κ2) is 19.2. The topological polar surface area (TPSA) is 9.72 Å². The number of nitrogens with zero attached hydrogens (tertiary/aromatic N) is 3. The summed E-state index contributed by atoms with van der Waals surface area (Å²) in [7, 11) is 0. The summed E-state index contributed by atoms with van der Waals surface area (Å²) in [5, 5.41) is 0. The number of hydrogen-bond donors (Lipinski definition) is 0. The Bertz CT molecular complexity index is 3670. The number of anilines is 9. The molecule has 0 saturated carbocycles. The second-order valence-corrected chi connectivity index (χ2v) is 30.8. The highest BCUT2D eigenvalue weighted by molar-refractivity contribution is 7.00. The SMILES string of the molecule is Cc1cc(C(C)(C)C)cc(-c2ccccc2)c1N1c2cc3c(cc2B2c4ccc(C(C)(C)C)cc4N(c4cccc(C(C)(C)C)c4)c4cc(N(c5ccc(C(C)(C)C)cc5)c5ccc(C(C)(C)C)cc5)cc1c42)C(C)(C)CCC3(C)C. The number of aryl methyl sites for hydroxylation is 1. The predicted molar refractivity (Wildman–Crippen MR) is 354 cm³/mol. The fraction of sp³-hybridized carbons (Fsp3) is 0.377.